The summed E-state index contributed by atoms with van der Waals surface area (Å²) >= 11 is 0. The molecule has 2 aromatic carbocycles. The quantitative estimate of drug-likeness (QED) is 0.782. The monoisotopic (exact) mass is 419 g/mol. The summed E-state index contributed by atoms with van der Waals surface area (Å²) in [6.07, 6.45) is 0. The number of benzene rings is 2. The summed E-state index contributed by atoms with van der Waals surface area (Å²) in [6, 6.07) is 12.8. The van der Waals surface area contributed by atoms with Gasteiger partial charge < -0.3 is 5.32 Å². The van der Waals surface area contributed by atoms with Gasteiger partial charge in [-0.2, -0.15) is 4.31 Å². The molecule has 0 aliphatic carbocycles. The Balaban J connectivity index is 1.52. The third-order valence-electron chi connectivity index (χ3n) is 4.99. The minimum absolute atomic E-state index is 0.0477. The van der Waals surface area contributed by atoms with Crippen LogP contribution < -0.4 is 5.32 Å². The first kappa shape index (κ1) is 21.4. The zero-order valence-corrected chi connectivity index (χ0v) is 17.5. The standard InChI is InChI=1S/C21H26FN3O3S/c1-16(2)17-6-8-19(9-7-17)23-21(26)15-24-10-12-25(13-11-24)29(27,28)20-5-3-4-18(22)14-20/h3-9,14,16H,10-13,15H2,1-2H3,(H,23,26). The highest BCUT2D eigenvalue weighted by molar-refractivity contribution is 7.89. The van der Waals surface area contributed by atoms with Crippen LogP contribution >= 0.6 is 0 Å². The van der Waals surface area contributed by atoms with E-state index in [0.29, 0.717) is 19.0 Å². The fourth-order valence-electron chi connectivity index (χ4n) is 3.26. The van der Waals surface area contributed by atoms with Crippen molar-refractivity contribution in [3.63, 3.8) is 0 Å². The molecule has 156 valence electrons. The molecular weight excluding hydrogens is 393 g/mol. The Kier molecular flexibility index (Phi) is 6.66. The number of carbonyl (C=O) groups is 1. The minimum Gasteiger partial charge on any atom is -0.325 e. The lowest BCUT2D eigenvalue weighted by Crippen LogP contribution is -2.50. The van der Waals surface area contributed by atoms with Gasteiger partial charge in [-0.05, 0) is 41.8 Å². The van der Waals surface area contributed by atoms with Crippen LogP contribution in [0.25, 0.3) is 0 Å². The number of carbonyl (C=O) groups excluding carboxylic acids is 1. The summed E-state index contributed by atoms with van der Waals surface area (Å²) in [5.41, 5.74) is 1.95. The molecule has 1 saturated heterocycles. The fraction of sp³-hybridized carbons (Fsp3) is 0.381. The summed E-state index contributed by atoms with van der Waals surface area (Å²) in [4.78, 5) is 14.2. The largest absolute Gasteiger partial charge is 0.325 e. The van der Waals surface area contributed by atoms with Crippen LogP contribution in [0.1, 0.15) is 25.3 Å². The van der Waals surface area contributed by atoms with Gasteiger partial charge in [0.15, 0.2) is 0 Å². The number of rotatable bonds is 6. The van der Waals surface area contributed by atoms with Gasteiger partial charge in [-0.3, -0.25) is 9.69 Å². The predicted molar refractivity (Wildman–Crippen MR) is 111 cm³/mol. The number of halogens is 1. The second-order valence-corrected chi connectivity index (χ2v) is 9.40. The highest BCUT2D eigenvalue weighted by Gasteiger charge is 2.29. The molecule has 8 heteroatoms. The van der Waals surface area contributed by atoms with E-state index in [-0.39, 0.29) is 30.4 Å². The minimum atomic E-state index is -3.73. The van der Waals surface area contributed by atoms with Crippen LogP contribution in [-0.2, 0) is 14.8 Å². The predicted octanol–water partition coefficient (Wildman–Crippen LogP) is 2.89. The Morgan fingerprint density at radius 3 is 2.31 bits per heavy atom. The summed E-state index contributed by atoms with van der Waals surface area (Å²) in [6.45, 7) is 5.82. The molecule has 3 rings (SSSR count). The molecule has 0 aromatic heterocycles. The van der Waals surface area contributed by atoms with Crippen molar-refractivity contribution in [1.82, 2.24) is 9.21 Å². The van der Waals surface area contributed by atoms with Gasteiger partial charge >= 0.3 is 0 Å². The molecule has 0 bridgehead atoms. The topological polar surface area (TPSA) is 69.7 Å². The van der Waals surface area contributed by atoms with Gasteiger partial charge in [-0.15, -0.1) is 0 Å². The Bertz CT molecular complexity index is 953. The first-order valence-electron chi connectivity index (χ1n) is 9.63. The molecule has 0 unspecified atom stereocenters. The molecule has 1 N–H and O–H groups in total. The van der Waals surface area contributed by atoms with Crippen LogP contribution in [0.4, 0.5) is 10.1 Å². The van der Waals surface area contributed by atoms with Crippen molar-refractivity contribution in [2.45, 2.75) is 24.7 Å². The summed E-state index contributed by atoms with van der Waals surface area (Å²) in [5.74, 6) is -0.286. The third-order valence-corrected chi connectivity index (χ3v) is 6.89. The van der Waals surface area contributed by atoms with Gasteiger partial charge in [-0.1, -0.05) is 32.0 Å². The van der Waals surface area contributed by atoms with Crippen LogP contribution in [0.2, 0.25) is 0 Å². The first-order chi connectivity index (χ1) is 13.8. The van der Waals surface area contributed by atoms with Crippen LogP contribution in [0, 0.1) is 5.82 Å². The van der Waals surface area contributed by atoms with Gasteiger partial charge in [0.05, 0.1) is 11.4 Å². The van der Waals surface area contributed by atoms with E-state index in [4.69, 9.17) is 0 Å². The summed E-state index contributed by atoms with van der Waals surface area (Å²) in [5, 5.41) is 2.87. The maximum absolute atomic E-state index is 13.4. The summed E-state index contributed by atoms with van der Waals surface area (Å²) in [7, 11) is -3.73. The number of amides is 1. The van der Waals surface area contributed by atoms with E-state index in [1.54, 1.807) is 0 Å². The third kappa shape index (κ3) is 5.41. The zero-order valence-electron chi connectivity index (χ0n) is 16.6. The molecule has 2 aromatic rings. The number of piperazine rings is 1. The van der Waals surface area contributed by atoms with Crippen molar-refractivity contribution in [2.24, 2.45) is 0 Å². The van der Waals surface area contributed by atoms with E-state index >= 15 is 0 Å². The highest BCUT2D eigenvalue weighted by Crippen LogP contribution is 2.19. The zero-order chi connectivity index (χ0) is 21.0. The SMILES string of the molecule is CC(C)c1ccc(NC(=O)CN2CCN(S(=O)(=O)c3cccc(F)c3)CC2)cc1. The average Bonchev–Trinajstić information content (AvgIpc) is 2.68. The molecule has 29 heavy (non-hydrogen) atoms. The Morgan fingerprint density at radius 1 is 1.07 bits per heavy atom. The van der Waals surface area contributed by atoms with E-state index in [0.717, 1.165) is 11.8 Å². The van der Waals surface area contributed by atoms with Crippen LogP contribution in [0.5, 0.6) is 0 Å². The molecular formula is C21H26FN3O3S. The number of hydrogen-bond acceptors (Lipinski definition) is 4. The van der Waals surface area contributed by atoms with Gasteiger partial charge in [0.1, 0.15) is 5.82 Å². The van der Waals surface area contributed by atoms with Gasteiger partial charge in [0.2, 0.25) is 15.9 Å². The van der Waals surface area contributed by atoms with Gasteiger partial charge in [0.25, 0.3) is 0 Å². The Hall–Kier alpha value is -2.29. The van der Waals surface area contributed by atoms with E-state index in [1.165, 1.54) is 28.1 Å². The molecule has 1 fully saturated rings. The van der Waals surface area contributed by atoms with Crippen molar-refractivity contribution in [3.05, 3.63) is 59.9 Å². The number of nitrogens with zero attached hydrogens (tertiary/aromatic N) is 2. The molecule has 1 heterocycles. The lowest BCUT2D eigenvalue weighted by molar-refractivity contribution is -0.117. The number of nitrogens with one attached hydrogen (secondary N) is 1. The van der Waals surface area contributed by atoms with Crippen LogP contribution in [0.15, 0.2) is 53.4 Å². The maximum atomic E-state index is 13.4. The van der Waals surface area contributed by atoms with Crippen LogP contribution in [0.3, 0.4) is 0 Å². The van der Waals surface area contributed by atoms with E-state index in [9.17, 15) is 17.6 Å². The molecule has 1 aliphatic heterocycles. The van der Waals surface area contributed by atoms with Crippen molar-refractivity contribution in [2.75, 3.05) is 38.0 Å². The highest BCUT2D eigenvalue weighted by atomic mass is 32.2. The van der Waals surface area contributed by atoms with Crippen molar-refractivity contribution in [1.29, 1.82) is 0 Å². The van der Waals surface area contributed by atoms with Crippen molar-refractivity contribution in [3.8, 4) is 0 Å². The second kappa shape index (κ2) is 9.02. The lowest BCUT2D eigenvalue weighted by atomic mass is 10.0. The van der Waals surface area contributed by atoms with Crippen molar-refractivity contribution < 1.29 is 17.6 Å². The fourth-order valence-corrected chi connectivity index (χ4v) is 4.71. The number of sulfonamides is 1. The Labute approximate surface area is 171 Å². The van der Waals surface area contributed by atoms with E-state index < -0.39 is 15.8 Å². The maximum Gasteiger partial charge on any atom is 0.243 e. The molecule has 0 radical (unpaired) electrons. The van der Waals surface area contributed by atoms with E-state index in [1.807, 2.05) is 29.2 Å². The average molecular weight is 420 g/mol. The molecule has 0 atom stereocenters. The summed E-state index contributed by atoms with van der Waals surface area (Å²) < 4.78 is 40.0. The van der Waals surface area contributed by atoms with Crippen molar-refractivity contribution >= 4 is 21.6 Å². The Morgan fingerprint density at radius 2 is 1.72 bits per heavy atom. The first-order valence-corrected chi connectivity index (χ1v) is 11.1. The molecule has 1 aliphatic rings. The smallest absolute Gasteiger partial charge is 0.243 e. The van der Waals surface area contributed by atoms with Gasteiger partial charge in [0, 0.05) is 31.9 Å². The molecule has 0 saturated carbocycles. The van der Waals surface area contributed by atoms with Gasteiger partial charge in [-0.25, -0.2) is 12.8 Å². The molecule has 1 amide bonds. The number of hydrogen-bond donors (Lipinski definition) is 1. The lowest BCUT2D eigenvalue weighted by Gasteiger charge is -2.33. The van der Waals surface area contributed by atoms with Crippen LogP contribution in [-0.4, -0.2) is 56.3 Å². The molecule has 6 nitrogen and oxygen atoms in total. The van der Waals surface area contributed by atoms with E-state index in [2.05, 4.69) is 19.2 Å². The second-order valence-electron chi connectivity index (χ2n) is 7.46. The number of anilines is 1. The normalized spacial score (nSPS) is 16.1. The molecule has 0 spiro atoms.